The fourth-order valence-corrected chi connectivity index (χ4v) is 5.51. The van der Waals surface area contributed by atoms with E-state index in [2.05, 4.69) is 28.5 Å². The van der Waals surface area contributed by atoms with Gasteiger partial charge in [-0.1, -0.05) is 18.2 Å². The van der Waals surface area contributed by atoms with Crippen LogP contribution in [-0.4, -0.2) is 24.1 Å². The summed E-state index contributed by atoms with van der Waals surface area (Å²) in [6.45, 7) is 5.33. The number of nitrogens with zero attached hydrogens (tertiary/aromatic N) is 1. The molecule has 3 N–H and O–H groups in total. The Hall–Kier alpha value is -4.78. The van der Waals surface area contributed by atoms with E-state index in [1.54, 1.807) is 0 Å². The lowest BCUT2D eigenvalue weighted by Gasteiger charge is -2.21. The number of nitrogens with two attached hydrogens (primary N) is 1. The van der Waals surface area contributed by atoms with Crippen LogP contribution < -0.4 is 20.5 Å². The van der Waals surface area contributed by atoms with Gasteiger partial charge in [-0.2, -0.15) is 0 Å². The maximum Gasteiger partial charge on any atom is 0.251 e. The third-order valence-electron chi connectivity index (χ3n) is 7.36. The van der Waals surface area contributed by atoms with Crippen molar-refractivity contribution in [3.63, 3.8) is 0 Å². The highest BCUT2D eigenvalue weighted by Crippen LogP contribution is 2.45. The van der Waals surface area contributed by atoms with Gasteiger partial charge in [-0.25, -0.2) is 4.98 Å². The van der Waals surface area contributed by atoms with Crippen molar-refractivity contribution in [2.75, 3.05) is 18.9 Å². The molecule has 0 fully saturated rings. The van der Waals surface area contributed by atoms with Crippen molar-refractivity contribution in [2.45, 2.75) is 20.4 Å². The lowest BCUT2D eigenvalue weighted by Crippen LogP contribution is -2.24. The van der Waals surface area contributed by atoms with E-state index in [4.69, 9.17) is 19.6 Å². The Balaban J connectivity index is 1.25. The molecule has 3 aromatic carbocycles. The Morgan fingerprint density at radius 2 is 1.68 bits per heavy atom. The number of anilines is 1. The number of benzene rings is 4. The minimum Gasteiger partial charge on any atom is -0.486 e. The van der Waals surface area contributed by atoms with Crippen LogP contribution in [0, 0.1) is 13.8 Å². The van der Waals surface area contributed by atoms with Crippen molar-refractivity contribution in [1.29, 1.82) is 0 Å². The van der Waals surface area contributed by atoms with Gasteiger partial charge in [0.25, 0.3) is 5.91 Å². The number of nitrogens with one attached hydrogen (secondary N) is 1. The van der Waals surface area contributed by atoms with Crippen molar-refractivity contribution >= 4 is 44.4 Å². The van der Waals surface area contributed by atoms with E-state index in [1.165, 1.54) is 0 Å². The number of pyridine rings is 1. The van der Waals surface area contributed by atoms with E-state index in [9.17, 15) is 4.79 Å². The third kappa shape index (κ3) is 3.43. The van der Waals surface area contributed by atoms with Crippen LogP contribution in [0.25, 0.3) is 43.8 Å². The van der Waals surface area contributed by atoms with E-state index in [1.807, 2.05) is 56.3 Å². The Kier molecular flexibility index (Phi) is 4.94. The molecular weight excluding hydrogens is 478 g/mol. The molecule has 0 radical (unpaired) electrons. The standard InChI is InChI=1S/C31H25N3O4/c1-16-12-27(32)34-17(2)25(16)15-33-31(35)19-7-9-22-24(14-19)29-23-13-18(6-8-21(23)28(22)38-29)20-4-3-5-26-30(20)37-11-10-36-26/h3-9,12-14H,10-11,15H2,1-2H3,(H2,32,34)(H,33,35). The number of furan rings is 2. The summed E-state index contributed by atoms with van der Waals surface area (Å²) in [6, 6.07) is 19.8. The number of carbonyl (C=O) groups is 1. The quantitative estimate of drug-likeness (QED) is 0.280. The monoisotopic (exact) mass is 503 g/mol. The molecule has 7 rings (SSSR count). The number of fused-ring (bicyclic) bond motifs is 9. The molecule has 0 saturated carbocycles. The molecule has 0 saturated heterocycles. The van der Waals surface area contributed by atoms with Crippen LogP contribution >= 0.6 is 0 Å². The van der Waals surface area contributed by atoms with Crippen molar-refractivity contribution in [3.05, 3.63) is 83.0 Å². The van der Waals surface area contributed by atoms with Gasteiger partial charge in [-0.15, -0.1) is 0 Å². The van der Waals surface area contributed by atoms with Gasteiger partial charge in [0.1, 0.15) is 30.2 Å². The highest BCUT2D eigenvalue weighted by atomic mass is 16.6. The molecular formula is C31H25N3O4. The molecule has 6 aromatic rings. The van der Waals surface area contributed by atoms with Crippen LogP contribution in [0.15, 0.2) is 65.1 Å². The predicted octanol–water partition coefficient (Wildman–Crippen LogP) is 6.14. The number of para-hydroxylation sites is 1. The van der Waals surface area contributed by atoms with Crippen LogP contribution in [0.4, 0.5) is 5.82 Å². The average molecular weight is 504 g/mol. The van der Waals surface area contributed by atoms with E-state index >= 15 is 0 Å². The Morgan fingerprint density at radius 1 is 0.921 bits per heavy atom. The van der Waals surface area contributed by atoms with Crippen molar-refractivity contribution < 1.29 is 18.7 Å². The zero-order valence-electron chi connectivity index (χ0n) is 21.1. The topological polar surface area (TPSA) is 99.6 Å². The number of aromatic nitrogens is 1. The molecule has 3 aromatic heterocycles. The number of hydrogen-bond donors (Lipinski definition) is 2. The van der Waals surface area contributed by atoms with Crippen LogP contribution in [-0.2, 0) is 6.54 Å². The predicted molar refractivity (Wildman–Crippen MR) is 148 cm³/mol. The van der Waals surface area contributed by atoms with Crippen LogP contribution in [0.2, 0.25) is 0 Å². The number of amides is 1. The first-order chi connectivity index (χ1) is 18.5. The molecule has 188 valence electrons. The van der Waals surface area contributed by atoms with E-state index in [0.717, 1.165) is 72.2 Å². The summed E-state index contributed by atoms with van der Waals surface area (Å²) < 4.78 is 18.0. The van der Waals surface area contributed by atoms with E-state index in [-0.39, 0.29) is 5.91 Å². The summed E-state index contributed by atoms with van der Waals surface area (Å²) in [5.41, 5.74) is 12.8. The molecule has 7 nitrogen and oxygen atoms in total. The number of nitrogen functional groups attached to an aromatic ring is 1. The highest BCUT2D eigenvalue weighted by molar-refractivity contribution is 6.26. The Morgan fingerprint density at radius 3 is 2.53 bits per heavy atom. The van der Waals surface area contributed by atoms with Crippen LogP contribution in [0.1, 0.15) is 27.2 Å². The molecule has 1 aliphatic heterocycles. The summed E-state index contributed by atoms with van der Waals surface area (Å²) in [5, 5.41) is 7.02. The molecule has 1 amide bonds. The molecule has 0 spiro atoms. The van der Waals surface area contributed by atoms with Gasteiger partial charge in [0, 0.05) is 44.9 Å². The minimum atomic E-state index is -0.154. The SMILES string of the molecule is Cc1cc(N)nc(C)c1CNC(=O)c1ccc2c(c1)c1oc2c2ccc(-c3cccc4c3OCCO4)cc21. The molecule has 0 atom stereocenters. The average Bonchev–Trinajstić information content (AvgIpc) is 3.49. The Labute approximate surface area is 218 Å². The van der Waals surface area contributed by atoms with E-state index in [0.29, 0.717) is 31.1 Å². The molecule has 7 heteroatoms. The van der Waals surface area contributed by atoms with Gasteiger partial charge in [-0.3, -0.25) is 4.79 Å². The first-order valence-corrected chi connectivity index (χ1v) is 12.6. The second kappa shape index (κ2) is 8.38. The first kappa shape index (κ1) is 22.4. The number of rotatable bonds is 4. The summed E-state index contributed by atoms with van der Waals surface area (Å²) in [7, 11) is 0. The molecule has 0 aliphatic carbocycles. The fraction of sp³-hybridized carbons (Fsp3) is 0.161. The van der Waals surface area contributed by atoms with Gasteiger partial charge < -0.3 is 24.9 Å². The second-order valence-corrected chi connectivity index (χ2v) is 9.72. The maximum atomic E-state index is 13.1. The molecule has 0 unspecified atom stereocenters. The maximum absolute atomic E-state index is 13.1. The lowest BCUT2D eigenvalue weighted by atomic mass is 9.97. The zero-order valence-corrected chi connectivity index (χ0v) is 21.1. The minimum absolute atomic E-state index is 0.154. The summed E-state index contributed by atoms with van der Waals surface area (Å²) in [4.78, 5) is 17.4. The van der Waals surface area contributed by atoms with Gasteiger partial charge in [-0.05, 0) is 73.0 Å². The fourth-order valence-electron chi connectivity index (χ4n) is 5.51. The second-order valence-electron chi connectivity index (χ2n) is 9.72. The normalized spacial score (nSPS) is 13.0. The number of carbonyl (C=O) groups excluding carboxylic acids is 1. The summed E-state index contributed by atoms with van der Waals surface area (Å²) in [6.07, 6.45) is 0. The Bertz CT molecular complexity index is 1870. The third-order valence-corrected chi connectivity index (χ3v) is 7.36. The molecule has 2 bridgehead atoms. The summed E-state index contributed by atoms with van der Waals surface area (Å²) in [5.74, 6) is 1.85. The zero-order chi connectivity index (χ0) is 26.0. The van der Waals surface area contributed by atoms with Gasteiger partial charge in [0.2, 0.25) is 0 Å². The number of hydrogen-bond acceptors (Lipinski definition) is 6. The largest absolute Gasteiger partial charge is 0.486 e. The van der Waals surface area contributed by atoms with E-state index < -0.39 is 0 Å². The highest BCUT2D eigenvalue weighted by Gasteiger charge is 2.22. The van der Waals surface area contributed by atoms with Crippen molar-refractivity contribution in [1.82, 2.24) is 10.3 Å². The van der Waals surface area contributed by atoms with Gasteiger partial charge >= 0.3 is 0 Å². The van der Waals surface area contributed by atoms with Gasteiger partial charge in [0.05, 0.1) is 0 Å². The molecule has 1 aliphatic rings. The van der Waals surface area contributed by atoms with Gasteiger partial charge in [0.15, 0.2) is 11.5 Å². The molecule has 38 heavy (non-hydrogen) atoms. The number of ether oxygens (including phenoxy) is 2. The number of aryl methyl sites for hydroxylation is 2. The van der Waals surface area contributed by atoms with Crippen LogP contribution in [0.5, 0.6) is 11.5 Å². The van der Waals surface area contributed by atoms with Crippen molar-refractivity contribution in [2.24, 2.45) is 0 Å². The van der Waals surface area contributed by atoms with Crippen LogP contribution in [0.3, 0.4) is 0 Å². The molecule has 4 heterocycles. The van der Waals surface area contributed by atoms with Crippen molar-refractivity contribution in [3.8, 4) is 22.6 Å². The lowest BCUT2D eigenvalue weighted by molar-refractivity contribution is 0.0951. The smallest absolute Gasteiger partial charge is 0.251 e. The first-order valence-electron chi connectivity index (χ1n) is 12.6. The summed E-state index contributed by atoms with van der Waals surface area (Å²) >= 11 is 0.